The molecule has 2 rings (SSSR count). The fourth-order valence-electron chi connectivity index (χ4n) is 2.01. The highest BCUT2D eigenvalue weighted by atomic mass is 79.9. The van der Waals surface area contributed by atoms with Gasteiger partial charge in [-0.25, -0.2) is 0 Å². The number of allylic oxidation sites excluding steroid dienone is 1. The van der Waals surface area contributed by atoms with E-state index in [1.807, 2.05) is 31.2 Å². The second kappa shape index (κ2) is 8.22. The van der Waals surface area contributed by atoms with Crippen molar-refractivity contribution < 1.29 is 4.79 Å². The van der Waals surface area contributed by atoms with Crippen LogP contribution in [0.2, 0.25) is 0 Å². The van der Waals surface area contributed by atoms with Crippen molar-refractivity contribution in [2.75, 3.05) is 11.9 Å². The monoisotopic (exact) mass is 435 g/mol. The number of rotatable bonds is 5. The van der Waals surface area contributed by atoms with Gasteiger partial charge in [-0.1, -0.05) is 50.1 Å². The summed E-state index contributed by atoms with van der Waals surface area (Å²) in [5.74, 6) is -0.332. The van der Waals surface area contributed by atoms with E-state index in [9.17, 15) is 9.59 Å². The highest BCUT2D eigenvalue weighted by Crippen LogP contribution is 2.18. The summed E-state index contributed by atoms with van der Waals surface area (Å²) >= 11 is 6.76. The number of hydrogen-bond acceptors (Lipinski definition) is 3. The van der Waals surface area contributed by atoms with Crippen LogP contribution in [0.25, 0.3) is 6.08 Å². The largest absolute Gasteiger partial charge is 0.382 e. The maximum Gasteiger partial charge on any atom is 0.212 e. The molecular weight excluding hydrogens is 422 g/mol. The molecule has 3 nitrogen and oxygen atoms in total. The van der Waals surface area contributed by atoms with Crippen LogP contribution >= 0.6 is 31.9 Å². The Morgan fingerprint density at radius 3 is 2.61 bits per heavy atom. The Labute approximate surface area is 151 Å². The topological polar surface area (TPSA) is 46.2 Å². The van der Waals surface area contributed by atoms with Gasteiger partial charge in [0, 0.05) is 15.5 Å². The van der Waals surface area contributed by atoms with Gasteiger partial charge in [0.25, 0.3) is 0 Å². The van der Waals surface area contributed by atoms with Crippen LogP contribution in [0.5, 0.6) is 0 Å². The fourth-order valence-corrected chi connectivity index (χ4v) is 2.79. The summed E-state index contributed by atoms with van der Waals surface area (Å²) in [4.78, 5) is 24.9. The average molecular weight is 437 g/mol. The van der Waals surface area contributed by atoms with Gasteiger partial charge in [0.15, 0.2) is 5.78 Å². The molecule has 118 valence electrons. The zero-order valence-corrected chi connectivity index (χ0v) is 15.6. The first-order valence-corrected chi connectivity index (χ1v) is 8.66. The third-order valence-electron chi connectivity index (χ3n) is 3.13. The molecule has 0 radical (unpaired) electrons. The zero-order valence-electron chi connectivity index (χ0n) is 12.5. The lowest BCUT2D eigenvalue weighted by Crippen LogP contribution is -2.15. The fraction of sp³-hybridized carbons (Fsp3) is 0.111. The van der Waals surface area contributed by atoms with Gasteiger partial charge in [-0.15, -0.1) is 0 Å². The van der Waals surface area contributed by atoms with Crippen LogP contribution in [0.3, 0.4) is 0 Å². The van der Waals surface area contributed by atoms with Crippen molar-refractivity contribution in [2.45, 2.75) is 6.92 Å². The lowest BCUT2D eigenvalue weighted by atomic mass is 10.1. The molecule has 0 atom stereocenters. The van der Waals surface area contributed by atoms with E-state index in [1.54, 1.807) is 24.3 Å². The number of nitrogens with one attached hydrogen (secondary N) is 1. The molecule has 1 N–H and O–H groups in total. The number of benzene rings is 1. The van der Waals surface area contributed by atoms with Crippen molar-refractivity contribution >= 4 is 49.4 Å². The first kappa shape index (κ1) is 17.6. The van der Waals surface area contributed by atoms with Gasteiger partial charge in [-0.2, -0.15) is 0 Å². The van der Waals surface area contributed by atoms with Crippen LogP contribution in [0.15, 0.2) is 62.3 Å². The number of hydrogen-bond donors (Lipinski definition) is 1. The molecule has 0 unspecified atom stereocenters. The summed E-state index contributed by atoms with van der Waals surface area (Å²) < 4.78 is 1.57. The molecule has 0 saturated carbocycles. The molecule has 0 amide bonds. The minimum atomic E-state index is -0.332. The second-order valence-corrected chi connectivity index (χ2v) is 6.54. The number of carbonyl (C=O) groups is 1. The van der Waals surface area contributed by atoms with Crippen molar-refractivity contribution in [2.24, 2.45) is 0 Å². The molecule has 5 heteroatoms. The Morgan fingerprint density at radius 2 is 1.91 bits per heavy atom. The van der Waals surface area contributed by atoms with Gasteiger partial charge in [-0.05, 0) is 48.9 Å². The van der Waals surface area contributed by atoms with Gasteiger partial charge in [0.1, 0.15) is 0 Å². The average Bonchev–Trinajstić information content (AvgIpc) is 2.67. The van der Waals surface area contributed by atoms with E-state index in [0.29, 0.717) is 16.7 Å². The quantitative estimate of drug-likeness (QED) is 0.535. The molecule has 0 bridgehead atoms. The van der Waals surface area contributed by atoms with E-state index in [0.717, 1.165) is 10.0 Å². The maximum absolute atomic E-state index is 12.5. The van der Waals surface area contributed by atoms with Gasteiger partial charge in [-0.3, -0.25) is 9.59 Å². The molecule has 0 aliphatic carbocycles. The van der Waals surface area contributed by atoms with E-state index in [2.05, 4.69) is 37.2 Å². The SMILES string of the molecule is CCNc1ccc(Br)cc(C(=O)/C=C/c2ccccc2Br)c1=O. The predicted octanol–water partition coefficient (Wildman–Crippen LogP) is 4.90. The molecule has 0 aromatic heterocycles. The Morgan fingerprint density at radius 1 is 1.17 bits per heavy atom. The van der Waals surface area contributed by atoms with Crippen LogP contribution in [-0.4, -0.2) is 12.3 Å². The molecule has 2 aromatic rings. The van der Waals surface area contributed by atoms with E-state index in [1.165, 1.54) is 6.08 Å². The van der Waals surface area contributed by atoms with Crippen molar-refractivity contribution in [3.8, 4) is 0 Å². The highest BCUT2D eigenvalue weighted by molar-refractivity contribution is 9.10. The van der Waals surface area contributed by atoms with Gasteiger partial charge in [0.2, 0.25) is 5.43 Å². The summed E-state index contributed by atoms with van der Waals surface area (Å²) in [5.41, 5.74) is 1.11. The molecule has 0 spiro atoms. The second-order valence-electron chi connectivity index (χ2n) is 4.77. The van der Waals surface area contributed by atoms with Crippen molar-refractivity contribution in [1.29, 1.82) is 0 Å². The lowest BCUT2D eigenvalue weighted by molar-refractivity contribution is 0.104. The van der Waals surface area contributed by atoms with E-state index in [-0.39, 0.29) is 16.8 Å². The molecule has 0 heterocycles. The van der Waals surface area contributed by atoms with Crippen molar-refractivity contribution in [3.63, 3.8) is 0 Å². The van der Waals surface area contributed by atoms with E-state index < -0.39 is 0 Å². The predicted molar refractivity (Wildman–Crippen MR) is 102 cm³/mol. The Bertz CT molecular complexity index is 816. The summed E-state index contributed by atoms with van der Waals surface area (Å²) in [5, 5.41) is 2.98. The molecule has 0 fully saturated rings. The molecule has 23 heavy (non-hydrogen) atoms. The molecule has 2 aromatic carbocycles. The highest BCUT2D eigenvalue weighted by Gasteiger charge is 2.10. The minimum Gasteiger partial charge on any atom is -0.382 e. The Balaban J connectivity index is 2.42. The van der Waals surface area contributed by atoms with Gasteiger partial charge in [0.05, 0.1) is 11.3 Å². The normalized spacial score (nSPS) is 10.7. The van der Waals surface area contributed by atoms with Gasteiger partial charge < -0.3 is 5.32 Å². The van der Waals surface area contributed by atoms with Crippen LogP contribution in [0.1, 0.15) is 22.8 Å². The zero-order chi connectivity index (χ0) is 16.8. The third kappa shape index (κ3) is 4.62. The van der Waals surface area contributed by atoms with E-state index in [4.69, 9.17) is 0 Å². The van der Waals surface area contributed by atoms with Crippen LogP contribution in [0.4, 0.5) is 5.69 Å². The Kier molecular flexibility index (Phi) is 6.30. The summed E-state index contributed by atoms with van der Waals surface area (Å²) in [7, 11) is 0. The van der Waals surface area contributed by atoms with Crippen molar-refractivity contribution in [3.05, 3.63) is 78.8 Å². The first-order chi connectivity index (χ1) is 11.0. The van der Waals surface area contributed by atoms with Crippen LogP contribution in [0, 0.1) is 0 Å². The molecule has 0 saturated heterocycles. The number of anilines is 1. The summed E-state index contributed by atoms with van der Waals surface area (Å²) in [6.45, 7) is 2.51. The standard InChI is InChI=1S/C18H15Br2NO2/c1-2-21-16-9-8-13(19)11-14(18(16)23)17(22)10-7-12-5-3-4-6-15(12)20/h3-11H,2H2,1H3,(H,21,23)/b10-7+. The summed E-state index contributed by atoms with van der Waals surface area (Å²) in [6.07, 6.45) is 3.11. The smallest absolute Gasteiger partial charge is 0.212 e. The van der Waals surface area contributed by atoms with Crippen LogP contribution < -0.4 is 10.7 Å². The minimum absolute atomic E-state index is 0.126. The molecular formula is C18H15Br2NO2. The first-order valence-electron chi connectivity index (χ1n) is 7.07. The number of ketones is 1. The van der Waals surface area contributed by atoms with Crippen LogP contribution in [-0.2, 0) is 0 Å². The number of halogens is 2. The lowest BCUT2D eigenvalue weighted by Gasteiger charge is -1.99. The van der Waals surface area contributed by atoms with E-state index >= 15 is 0 Å². The molecule has 0 aliphatic rings. The third-order valence-corrected chi connectivity index (χ3v) is 4.35. The number of carbonyl (C=O) groups excluding carboxylic acids is 1. The van der Waals surface area contributed by atoms with Gasteiger partial charge >= 0.3 is 0 Å². The molecule has 0 aliphatic heterocycles. The van der Waals surface area contributed by atoms with Crippen molar-refractivity contribution in [1.82, 2.24) is 0 Å². The maximum atomic E-state index is 12.5. The Hall–Kier alpha value is -1.72. The summed E-state index contributed by atoms with van der Waals surface area (Å²) in [6, 6.07) is 12.5.